The highest BCUT2D eigenvalue weighted by atomic mass is 16.5. The fourth-order valence-corrected chi connectivity index (χ4v) is 3.08. The Balaban J connectivity index is 1.67. The van der Waals surface area contributed by atoms with Gasteiger partial charge in [0.1, 0.15) is 5.75 Å². The Morgan fingerprint density at radius 1 is 1.41 bits per heavy atom. The average Bonchev–Trinajstić information content (AvgIpc) is 3.18. The van der Waals surface area contributed by atoms with E-state index in [-0.39, 0.29) is 6.54 Å². The minimum absolute atomic E-state index is 0.289. The fraction of sp³-hybridized carbons (Fsp3) is 0.500. The van der Waals surface area contributed by atoms with Gasteiger partial charge in [0.05, 0.1) is 20.2 Å². The summed E-state index contributed by atoms with van der Waals surface area (Å²) in [5.41, 5.74) is 6.76. The molecular weight excluding hydrogens is 280 g/mol. The number of hydrogen-bond acceptors (Lipinski definition) is 6. The zero-order chi connectivity index (χ0) is 15.4. The van der Waals surface area contributed by atoms with Gasteiger partial charge in [0, 0.05) is 6.04 Å². The summed E-state index contributed by atoms with van der Waals surface area (Å²) >= 11 is 0. The van der Waals surface area contributed by atoms with Crippen LogP contribution in [0.4, 0.5) is 0 Å². The standard InChI is InChI=1S/C16H22N4O2/c1-21-14-7-3-2-5-12(14)9-13-6-4-8-20(13)11-15-18-16(10-17)22-19-15/h2-3,5,7,13H,4,6,8-11,17H2,1H3. The van der Waals surface area contributed by atoms with Crippen molar-refractivity contribution in [3.63, 3.8) is 0 Å². The Morgan fingerprint density at radius 3 is 3.05 bits per heavy atom. The molecule has 22 heavy (non-hydrogen) atoms. The molecule has 1 saturated heterocycles. The van der Waals surface area contributed by atoms with Gasteiger partial charge in [-0.05, 0) is 37.4 Å². The molecule has 0 amide bonds. The first-order valence-corrected chi connectivity index (χ1v) is 7.67. The van der Waals surface area contributed by atoms with Crippen molar-refractivity contribution < 1.29 is 9.26 Å². The first kappa shape index (κ1) is 15.0. The molecule has 118 valence electrons. The Morgan fingerprint density at radius 2 is 2.27 bits per heavy atom. The second-order valence-electron chi connectivity index (χ2n) is 5.59. The molecule has 2 aromatic rings. The van der Waals surface area contributed by atoms with E-state index in [0.717, 1.165) is 18.7 Å². The number of rotatable bonds is 6. The van der Waals surface area contributed by atoms with E-state index in [0.29, 0.717) is 24.3 Å². The van der Waals surface area contributed by atoms with E-state index in [1.807, 2.05) is 12.1 Å². The lowest BCUT2D eigenvalue weighted by atomic mass is 10.0. The molecule has 1 aromatic heterocycles. The molecule has 0 saturated carbocycles. The minimum Gasteiger partial charge on any atom is -0.496 e. The Labute approximate surface area is 130 Å². The van der Waals surface area contributed by atoms with E-state index in [9.17, 15) is 0 Å². The highest BCUT2D eigenvalue weighted by molar-refractivity contribution is 5.34. The molecule has 3 rings (SSSR count). The molecule has 1 aromatic carbocycles. The summed E-state index contributed by atoms with van der Waals surface area (Å²) in [4.78, 5) is 6.71. The van der Waals surface area contributed by atoms with E-state index < -0.39 is 0 Å². The highest BCUT2D eigenvalue weighted by Gasteiger charge is 2.26. The smallest absolute Gasteiger partial charge is 0.240 e. The van der Waals surface area contributed by atoms with Crippen molar-refractivity contribution >= 4 is 0 Å². The summed E-state index contributed by atoms with van der Waals surface area (Å²) in [6.45, 7) is 2.06. The Bertz CT molecular complexity index is 614. The lowest BCUT2D eigenvalue weighted by Gasteiger charge is -2.23. The van der Waals surface area contributed by atoms with E-state index in [2.05, 4.69) is 27.2 Å². The lowest BCUT2D eigenvalue weighted by Crippen LogP contribution is -2.31. The number of likely N-dealkylation sites (tertiary alicyclic amines) is 1. The van der Waals surface area contributed by atoms with Gasteiger partial charge in [-0.3, -0.25) is 4.90 Å². The maximum absolute atomic E-state index is 5.51. The van der Waals surface area contributed by atoms with Gasteiger partial charge in [-0.1, -0.05) is 23.4 Å². The monoisotopic (exact) mass is 302 g/mol. The molecule has 0 radical (unpaired) electrons. The zero-order valence-corrected chi connectivity index (χ0v) is 12.9. The van der Waals surface area contributed by atoms with Crippen LogP contribution in [0.2, 0.25) is 0 Å². The van der Waals surface area contributed by atoms with Crippen LogP contribution >= 0.6 is 0 Å². The number of aromatic nitrogens is 2. The maximum Gasteiger partial charge on any atom is 0.240 e. The molecule has 2 N–H and O–H groups in total. The van der Waals surface area contributed by atoms with Crippen molar-refractivity contribution in [3.8, 4) is 5.75 Å². The van der Waals surface area contributed by atoms with Gasteiger partial charge in [0.15, 0.2) is 5.82 Å². The van der Waals surface area contributed by atoms with Gasteiger partial charge >= 0.3 is 0 Å². The van der Waals surface area contributed by atoms with Crippen LogP contribution in [0.25, 0.3) is 0 Å². The van der Waals surface area contributed by atoms with Crippen LogP contribution in [0, 0.1) is 0 Å². The summed E-state index contributed by atoms with van der Waals surface area (Å²) in [6.07, 6.45) is 3.35. The summed E-state index contributed by atoms with van der Waals surface area (Å²) in [5.74, 6) is 2.17. The molecule has 0 bridgehead atoms. The summed E-state index contributed by atoms with van der Waals surface area (Å²) in [7, 11) is 1.72. The Kier molecular flexibility index (Phi) is 4.70. The molecule has 6 heteroatoms. The molecule has 1 aliphatic rings. The van der Waals surface area contributed by atoms with Crippen LogP contribution in [0.15, 0.2) is 28.8 Å². The summed E-state index contributed by atoms with van der Waals surface area (Å²) in [5, 5.41) is 3.99. The third-order valence-electron chi connectivity index (χ3n) is 4.18. The SMILES string of the molecule is COc1ccccc1CC1CCCN1Cc1noc(CN)n1. The molecule has 0 spiro atoms. The number of methoxy groups -OCH3 is 1. The first-order chi connectivity index (χ1) is 10.8. The predicted octanol–water partition coefficient (Wildman–Crippen LogP) is 1.74. The van der Waals surface area contributed by atoms with Crippen LogP contribution in [-0.4, -0.2) is 34.7 Å². The van der Waals surface area contributed by atoms with E-state index in [1.54, 1.807) is 7.11 Å². The van der Waals surface area contributed by atoms with E-state index in [1.165, 1.54) is 18.4 Å². The fourth-order valence-electron chi connectivity index (χ4n) is 3.08. The highest BCUT2D eigenvalue weighted by Crippen LogP contribution is 2.26. The van der Waals surface area contributed by atoms with Crippen molar-refractivity contribution in [3.05, 3.63) is 41.5 Å². The van der Waals surface area contributed by atoms with Gasteiger partial charge in [-0.25, -0.2) is 0 Å². The van der Waals surface area contributed by atoms with Gasteiger partial charge in [-0.15, -0.1) is 0 Å². The van der Waals surface area contributed by atoms with Crippen LogP contribution in [-0.2, 0) is 19.5 Å². The quantitative estimate of drug-likeness (QED) is 0.876. The van der Waals surface area contributed by atoms with Gasteiger partial charge < -0.3 is 15.0 Å². The first-order valence-electron chi connectivity index (χ1n) is 7.67. The van der Waals surface area contributed by atoms with Crippen LogP contribution < -0.4 is 10.5 Å². The molecule has 1 atom stereocenters. The largest absolute Gasteiger partial charge is 0.496 e. The number of benzene rings is 1. The van der Waals surface area contributed by atoms with E-state index in [4.69, 9.17) is 15.0 Å². The molecule has 1 unspecified atom stereocenters. The molecule has 2 heterocycles. The molecular formula is C16H22N4O2. The molecule has 1 fully saturated rings. The minimum atomic E-state index is 0.289. The third-order valence-corrected chi connectivity index (χ3v) is 4.18. The number of nitrogens with two attached hydrogens (primary N) is 1. The van der Waals surface area contributed by atoms with Crippen molar-refractivity contribution in [1.82, 2.24) is 15.0 Å². The second-order valence-corrected chi connectivity index (χ2v) is 5.59. The topological polar surface area (TPSA) is 77.4 Å². The van der Waals surface area contributed by atoms with Gasteiger partial charge in [0.25, 0.3) is 0 Å². The molecule has 6 nitrogen and oxygen atoms in total. The molecule has 1 aliphatic heterocycles. The molecule has 0 aliphatic carbocycles. The van der Waals surface area contributed by atoms with Crippen LogP contribution in [0.5, 0.6) is 5.75 Å². The van der Waals surface area contributed by atoms with Crippen molar-refractivity contribution in [2.75, 3.05) is 13.7 Å². The summed E-state index contributed by atoms with van der Waals surface area (Å²) < 4.78 is 10.5. The van der Waals surface area contributed by atoms with Crippen LogP contribution in [0.3, 0.4) is 0 Å². The number of para-hydroxylation sites is 1. The number of hydrogen-bond donors (Lipinski definition) is 1. The van der Waals surface area contributed by atoms with Gasteiger partial charge in [-0.2, -0.15) is 4.98 Å². The number of ether oxygens (including phenoxy) is 1. The zero-order valence-electron chi connectivity index (χ0n) is 12.9. The van der Waals surface area contributed by atoms with Crippen molar-refractivity contribution in [1.29, 1.82) is 0 Å². The lowest BCUT2D eigenvalue weighted by molar-refractivity contribution is 0.232. The Hall–Kier alpha value is -1.92. The number of nitrogens with zero attached hydrogens (tertiary/aromatic N) is 3. The maximum atomic E-state index is 5.51. The normalized spacial score (nSPS) is 18.7. The predicted molar refractivity (Wildman–Crippen MR) is 82.3 cm³/mol. The second kappa shape index (κ2) is 6.89. The summed E-state index contributed by atoms with van der Waals surface area (Å²) in [6, 6.07) is 8.69. The van der Waals surface area contributed by atoms with Crippen LogP contribution in [0.1, 0.15) is 30.1 Å². The van der Waals surface area contributed by atoms with Crippen molar-refractivity contribution in [2.45, 2.75) is 38.4 Å². The third kappa shape index (κ3) is 3.28. The van der Waals surface area contributed by atoms with E-state index >= 15 is 0 Å². The van der Waals surface area contributed by atoms with Gasteiger partial charge in [0.2, 0.25) is 5.89 Å². The average molecular weight is 302 g/mol. The van der Waals surface area contributed by atoms with Crippen molar-refractivity contribution in [2.24, 2.45) is 5.73 Å².